The van der Waals surface area contributed by atoms with E-state index in [2.05, 4.69) is 30.4 Å². The van der Waals surface area contributed by atoms with Crippen LogP contribution in [0.3, 0.4) is 0 Å². The van der Waals surface area contributed by atoms with Gasteiger partial charge in [-0.3, -0.25) is 9.59 Å². The highest BCUT2D eigenvalue weighted by Crippen LogP contribution is 2.37. The van der Waals surface area contributed by atoms with E-state index in [1.165, 1.54) is 11.1 Å². The summed E-state index contributed by atoms with van der Waals surface area (Å²) in [5.74, 6) is -1.32. The number of carbonyl (C=O) groups is 2. The predicted molar refractivity (Wildman–Crippen MR) is 94.4 cm³/mol. The third-order valence-corrected chi connectivity index (χ3v) is 5.92. The van der Waals surface area contributed by atoms with Crippen molar-refractivity contribution in [3.8, 4) is 0 Å². The van der Waals surface area contributed by atoms with Crippen molar-refractivity contribution in [2.45, 2.75) is 44.4 Å². The smallest absolute Gasteiger partial charge is 0.306 e. The van der Waals surface area contributed by atoms with E-state index in [4.69, 9.17) is 9.84 Å². The number of nitrogens with one attached hydrogen (secondary N) is 1. The number of aryl methyl sites for hydroxylation is 1. The molecule has 5 heteroatoms. The summed E-state index contributed by atoms with van der Waals surface area (Å²) < 4.78 is 5.56. The van der Waals surface area contributed by atoms with Crippen LogP contribution in [0.4, 0.5) is 0 Å². The number of hydrogen-bond acceptors (Lipinski definition) is 3. The van der Waals surface area contributed by atoms with Crippen molar-refractivity contribution in [3.05, 3.63) is 35.4 Å². The summed E-state index contributed by atoms with van der Waals surface area (Å²) in [6, 6.07) is 8.36. The maximum absolute atomic E-state index is 12.6. The van der Waals surface area contributed by atoms with Crippen LogP contribution in [-0.4, -0.2) is 36.7 Å². The van der Waals surface area contributed by atoms with Crippen molar-refractivity contribution in [2.24, 2.45) is 11.8 Å². The Bertz CT molecular complexity index is 636. The topological polar surface area (TPSA) is 75.6 Å². The molecule has 2 atom stereocenters. The largest absolute Gasteiger partial charge is 0.481 e. The molecule has 1 amide bonds. The zero-order chi connectivity index (χ0) is 17.9. The van der Waals surface area contributed by atoms with E-state index in [1.54, 1.807) is 0 Å². The van der Waals surface area contributed by atoms with E-state index in [1.807, 2.05) is 6.07 Å². The van der Waals surface area contributed by atoms with Crippen LogP contribution in [0.5, 0.6) is 0 Å². The Morgan fingerprint density at radius 3 is 2.52 bits per heavy atom. The van der Waals surface area contributed by atoms with Crippen molar-refractivity contribution in [2.75, 3.05) is 19.8 Å². The lowest BCUT2D eigenvalue weighted by Crippen LogP contribution is -2.46. The lowest BCUT2D eigenvalue weighted by atomic mass is 9.72. The summed E-state index contributed by atoms with van der Waals surface area (Å²) in [6.45, 7) is 4.11. The molecule has 0 bridgehead atoms. The van der Waals surface area contributed by atoms with Crippen LogP contribution in [0.1, 0.15) is 43.2 Å². The van der Waals surface area contributed by atoms with Gasteiger partial charge in [0.2, 0.25) is 5.91 Å². The minimum atomic E-state index is -0.781. The molecule has 1 aliphatic heterocycles. The summed E-state index contributed by atoms with van der Waals surface area (Å²) in [5, 5.41) is 12.3. The molecule has 3 rings (SSSR count). The molecule has 1 heterocycles. The Balaban J connectivity index is 1.69. The summed E-state index contributed by atoms with van der Waals surface area (Å²) in [7, 11) is 0. The molecule has 2 N–H and O–H groups in total. The Kier molecular flexibility index (Phi) is 5.42. The van der Waals surface area contributed by atoms with Gasteiger partial charge in [0, 0.05) is 31.1 Å². The van der Waals surface area contributed by atoms with Gasteiger partial charge in [0.1, 0.15) is 0 Å². The van der Waals surface area contributed by atoms with Crippen LogP contribution in [0.2, 0.25) is 0 Å². The number of benzene rings is 1. The molecule has 136 valence electrons. The highest BCUT2D eigenvalue weighted by Gasteiger charge is 2.38. The predicted octanol–water partition coefficient (Wildman–Crippen LogP) is 2.66. The number of rotatable bonds is 5. The van der Waals surface area contributed by atoms with E-state index in [0.717, 1.165) is 12.8 Å². The fourth-order valence-electron chi connectivity index (χ4n) is 4.32. The van der Waals surface area contributed by atoms with Crippen molar-refractivity contribution in [3.63, 3.8) is 0 Å². The molecule has 0 aromatic heterocycles. The lowest BCUT2D eigenvalue weighted by molar-refractivity contribution is -0.141. The lowest BCUT2D eigenvalue weighted by Gasteiger charge is -2.39. The molecule has 0 spiro atoms. The summed E-state index contributed by atoms with van der Waals surface area (Å²) in [4.78, 5) is 23.7. The molecular formula is C20H27NO4. The number of aliphatic carboxylic acids is 1. The number of amides is 1. The average Bonchev–Trinajstić information content (AvgIpc) is 3.11. The highest BCUT2D eigenvalue weighted by atomic mass is 16.5. The highest BCUT2D eigenvalue weighted by molar-refractivity contribution is 5.81. The number of carboxylic acids is 1. The van der Waals surface area contributed by atoms with Gasteiger partial charge in [-0.15, -0.1) is 0 Å². The monoisotopic (exact) mass is 345 g/mol. The van der Waals surface area contributed by atoms with Crippen LogP contribution in [-0.2, 0) is 19.7 Å². The maximum Gasteiger partial charge on any atom is 0.306 e. The third-order valence-electron chi connectivity index (χ3n) is 5.92. The first-order chi connectivity index (χ1) is 12.0. The van der Waals surface area contributed by atoms with E-state index in [9.17, 15) is 9.59 Å². The van der Waals surface area contributed by atoms with Crippen LogP contribution < -0.4 is 5.32 Å². The van der Waals surface area contributed by atoms with Gasteiger partial charge in [-0.1, -0.05) is 24.3 Å². The molecule has 0 unspecified atom stereocenters. The van der Waals surface area contributed by atoms with Gasteiger partial charge in [0.15, 0.2) is 0 Å². The van der Waals surface area contributed by atoms with Gasteiger partial charge in [-0.05, 0) is 50.2 Å². The molecule has 1 saturated heterocycles. The first-order valence-electron chi connectivity index (χ1n) is 9.16. The Labute approximate surface area is 148 Å². The first-order valence-corrected chi connectivity index (χ1v) is 9.16. The van der Waals surface area contributed by atoms with Crippen molar-refractivity contribution in [1.29, 1.82) is 0 Å². The summed E-state index contributed by atoms with van der Waals surface area (Å²) in [6.07, 6.45) is 3.51. The molecule has 1 aliphatic carbocycles. The fourth-order valence-corrected chi connectivity index (χ4v) is 4.32. The quantitative estimate of drug-likeness (QED) is 0.860. The molecule has 1 saturated carbocycles. The zero-order valence-corrected chi connectivity index (χ0v) is 14.8. The van der Waals surface area contributed by atoms with Gasteiger partial charge in [0.25, 0.3) is 0 Å². The standard InChI is InChI=1S/C20H27NO4/c1-14-4-2-3-5-17(14)20(8-10-25-11-9-20)13-21-18(22)15-6-7-16(12-15)19(23)24/h2-5,15-16H,6-13H2,1H3,(H,21,22)(H,23,24)/t15-,16+/m1/s1. The Morgan fingerprint density at radius 2 is 1.88 bits per heavy atom. The summed E-state index contributed by atoms with van der Waals surface area (Å²) in [5.41, 5.74) is 2.43. The number of hydrogen-bond donors (Lipinski definition) is 2. The van der Waals surface area contributed by atoms with Gasteiger partial charge in [-0.2, -0.15) is 0 Å². The van der Waals surface area contributed by atoms with E-state index >= 15 is 0 Å². The fraction of sp³-hybridized carbons (Fsp3) is 0.600. The van der Waals surface area contributed by atoms with Gasteiger partial charge in [0.05, 0.1) is 5.92 Å². The Hall–Kier alpha value is -1.88. The molecule has 0 radical (unpaired) electrons. The van der Waals surface area contributed by atoms with Crippen LogP contribution in [0, 0.1) is 18.8 Å². The SMILES string of the molecule is Cc1ccccc1C1(CNC(=O)[C@@H]2CC[C@H](C(=O)O)C2)CCOCC1. The van der Waals surface area contributed by atoms with E-state index in [0.29, 0.717) is 39.0 Å². The molecule has 1 aromatic carbocycles. The van der Waals surface area contributed by atoms with Crippen molar-refractivity contribution in [1.82, 2.24) is 5.32 Å². The molecule has 25 heavy (non-hydrogen) atoms. The summed E-state index contributed by atoms with van der Waals surface area (Å²) >= 11 is 0. The Morgan fingerprint density at radius 1 is 1.20 bits per heavy atom. The van der Waals surface area contributed by atoms with Crippen LogP contribution in [0.15, 0.2) is 24.3 Å². The first kappa shape index (κ1) is 17.9. The molecule has 2 fully saturated rings. The zero-order valence-electron chi connectivity index (χ0n) is 14.8. The van der Waals surface area contributed by atoms with E-state index < -0.39 is 5.97 Å². The molecule has 1 aromatic rings. The third kappa shape index (κ3) is 3.87. The second kappa shape index (κ2) is 7.56. The average molecular weight is 345 g/mol. The molecule has 5 nitrogen and oxygen atoms in total. The second-order valence-corrected chi connectivity index (χ2v) is 7.47. The minimum absolute atomic E-state index is 0.00296. The number of carboxylic acid groups (broad SMARTS) is 1. The minimum Gasteiger partial charge on any atom is -0.481 e. The van der Waals surface area contributed by atoms with Gasteiger partial charge < -0.3 is 15.2 Å². The molecule has 2 aliphatic rings. The van der Waals surface area contributed by atoms with Crippen molar-refractivity contribution >= 4 is 11.9 Å². The van der Waals surface area contributed by atoms with Crippen LogP contribution >= 0.6 is 0 Å². The maximum atomic E-state index is 12.6. The number of carbonyl (C=O) groups excluding carboxylic acids is 1. The number of ether oxygens (including phenoxy) is 1. The molecular weight excluding hydrogens is 318 g/mol. The normalized spacial score (nSPS) is 25.5. The van der Waals surface area contributed by atoms with E-state index in [-0.39, 0.29) is 23.2 Å². The van der Waals surface area contributed by atoms with Crippen molar-refractivity contribution < 1.29 is 19.4 Å². The van der Waals surface area contributed by atoms with Gasteiger partial charge >= 0.3 is 5.97 Å². The second-order valence-electron chi connectivity index (χ2n) is 7.47. The van der Waals surface area contributed by atoms with Gasteiger partial charge in [-0.25, -0.2) is 0 Å². The van der Waals surface area contributed by atoms with Crippen LogP contribution in [0.25, 0.3) is 0 Å².